The van der Waals surface area contributed by atoms with Crippen LogP contribution in [0.3, 0.4) is 0 Å². The molecule has 3 aromatic rings. The van der Waals surface area contributed by atoms with Gasteiger partial charge in [-0.05, 0) is 55.3 Å². The molecule has 0 unspecified atom stereocenters. The van der Waals surface area contributed by atoms with E-state index < -0.39 is 0 Å². The summed E-state index contributed by atoms with van der Waals surface area (Å²) in [7, 11) is 2.10. The lowest BCUT2D eigenvalue weighted by atomic mass is 10.1. The SMILES string of the molecule is Cc1ccc(SOCCc2cccc(N(C)c3ccccc3)c2)cc1. The van der Waals surface area contributed by atoms with Gasteiger partial charge in [0.2, 0.25) is 0 Å². The van der Waals surface area contributed by atoms with Gasteiger partial charge in [0.05, 0.1) is 6.61 Å². The minimum absolute atomic E-state index is 0.692. The number of hydrogen-bond acceptors (Lipinski definition) is 3. The number of rotatable bonds is 7. The first-order valence-corrected chi connectivity index (χ1v) is 9.20. The van der Waals surface area contributed by atoms with Crippen LogP contribution in [0.1, 0.15) is 11.1 Å². The van der Waals surface area contributed by atoms with Crippen molar-refractivity contribution >= 4 is 23.4 Å². The Labute approximate surface area is 154 Å². The number of anilines is 2. The molecule has 0 saturated carbocycles. The lowest BCUT2D eigenvalue weighted by Gasteiger charge is -2.20. The van der Waals surface area contributed by atoms with Gasteiger partial charge < -0.3 is 9.08 Å². The van der Waals surface area contributed by atoms with E-state index in [0.717, 1.165) is 11.3 Å². The monoisotopic (exact) mass is 349 g/mol. The molecule has 0 aliphatic heterocycles. The fourth-order valence-corrected chi connectivity index (χ4v) is 3.13. The third-order valence-corrected chi connectivity index (χ3v) is 4.84. The number of para-hydroxylation sites is 1. The van der Waals surface area contributed by atoms with E-state index >= 15 is 0 Å². The molecule has 0 spiro atoms. The number of aryl methyl sites for hydroxylation is 1. The van der Waals surface area contributed by atoms with Crippen LogP contribution in [0.2, 0.25) is 0 Å². The first-order valence-electron chi connectivity index (χ1n) is 8.46. The Balaban J connectivity index is 1.54. The van der Waals surface area contributed by atoms with Gasteiger partial charge in [0.1, 0.15) is 0 Å². The van der Waals surface area contributed by atoms with Crippen molar-refractivity contribution < 1.29 is 4.18 Å². The van der Waals surface area contributed by atoms with Crippen LogP contribution in [-0.2, 0) is 10.6 Å². The second-order valence-corrected chi connectivity index (χ2v) is 6.91. The smallest absolute Gasteiger partial charge is 0.0658 e. The zero-order valence-electron chi connectivity index (χ0n) is 14.7. The van der Waals surface area contributed by atoms with Gasteiger partial charge in [-0.2, -0.15) is 0 Å². The maximum atomic E-state index is 5.75. The van der Waals surface area contributed by atoms with Crippen LogP contribution in [0.5, 0.6) is 0 Å². The minimum Gasteiger partial charge on any atom is -0.345 e. The molecule has 25 heavy (non-hydrogen) atoms. The Morgan fingerprint density at radius 2 is 1.56 bits per heavy atom. The molecule has 0 fully saturated rings. The van der Waals surface area contributed by atoms with Crippen LogP contribution >= 0.6 is 12.0 Å². The maximum absolute atomic E-state index is 5.75. The molecule has 3 rings (SSSR count). The highest BCUT2D eigenvalue weighted by atomic mass is 32.2. The highest BCUT2D eigenvalue weighted by molar-refractivity contribution is 7.94. The van der Waals surface area contributed by atoms with E-state index in [1.165, 1.54) is 34.5 Å². The van der Waals surface area contributed by atoms with Crippen molar-refractivity contribution in [3.05, 3.63) is 90.0 Å². The Bertz CT molecular complexity index is 787. The summed E-state index contributed by atoms with van der Waals surface area (Å²) in [5.41, 5.74) is 4.93. The fraction of sp³-hybridized carbons (Fsp3) is 0.182. The molecule has 2 nitrogen and oxygen atoms in total. The van der Waals surface area contributed by atoms with Crippen LogP contribution < -0.4 is 4.90 Å². The quantitative estimate of drug-likeness (QED) is 0.382. The summed E-state index contributed by atoms with van der Waals surface area (Å²) >= 11 is 1.45. The summed E-state index contributed by atoms with van der Waals surface area (Å²) < 4.78 is 5.75. The van der Waals surface area contributed by atoms with Gasteiger partial charge in [0, 0.05) is 35.4 Å². The molecule has 3 heteroatoms. The van der Waals surface area contributed by atoms with Crippen LogP contribution in [0.15, 0.2) is 83.8 Å². The van der Waals surface area contributed by atoms with Gasteiger partial charge >= 0.3 is 0 Å². The zero-order chi connectivity index (χ0) is 17.5. The van der Waals surface area contributed by atoms with E-state index in [-0.39, 0.29) is 0 Å². The third kappa shape index (κ3) is 5.12. The molecular weight excluding hydrogens is 326 g/mol. The predicted molar refractivity (Wildman–Crippen MR) is 108 cm³/mol. The van der Waals surface area contributed by atoms with E-state index in [0.29, 0.717) is 6.61 Å². The average molecular weight is 349 g/mol. The number of benzene rings is 3. The lowest BCUT2D eigenvalue weighted by molar-refractivity contribution is 0.379. The van der Waals surface area contributed by atoms with E-state index in [2.05, 4.69) is 91.7 Å². The predicted octanol–water partition coefficient (Wildman–Crippen LogP) is 6.03. The summed E-state index contributed by atoms with van der Waals surface area (Å²) in [6, 6.07) is 27.4. The highest BCUT2D eigenvalue weighted by Gasteiger charge is 2.04. The van der Waals surface area contributed by atoms with Crippen LogP contribution in [0, 0.1) is 6.92 Å². The first kappa shape index (κ1) is 17.6. The van der Waals surface area contributed by atoms with Gasteiger partial charge in [0.15, 0.2) is 0 Å². The first-order chi connectivity index (χ1) is 12.2. The molecular formula is C22H23NOS. The van der Waals surface area contributed by atoms with Crippen molar-refractivity contribution in [1.82, 2.24) is 0 Å². The minimum atomic E-state index is 0.692. The Hall–Kier alpha value is -2.23. The third-order valence-electron chi connectivity index (χ3n) is 4.09. The molecule has 0 bridgehead atoms. The fourth-order valence-electron chi connectivity index (χ4n) is 2.58. The largest absolute Gasteiger partial charge is 0.345 e. The van der Waals surface area contributed by atoms with Crippen molar-refractivity contribution in [3.63, 3.8) is 0 Å². The van der Waals surface area contributed by atoms with E-state index in [9.17, 15) is 0 Å². The normalized spacial score (nSPS) is 10.6. The topological polar surface area (TPSA) is 12.5 Å². The van der Waals surface area contributed by atoms with E-state index in [1.54, 1.807) is 0 Å². The van der Waals surface area contributed by atoms with Gasteiger partial charge in [-0.25, -0.2) is 0 Å². The summed E-state index contributed by atoms with van der Waals surface area (Å²) in [5, 5.41) is 0. The summed E-state index contributed by atoms with van der Waals surface area (Å²) in [6.07, 6.45) is 0.898. The molecule has 0 saturated heterocycles. The summed E-state index contributed by atoms with van der Waals surface area (Å²) in [4.78, 5) is 3.34. The Kier molecular flexibility index (Phi) is 6.15. The van der Waals surface area contributed by atoms with Crippen LogP contribution in [0.4, 0.5) is 11.4 Å². The van der Waals surface area contributed by atoms with E-state index in [1.807, 2.05) is 6.07 Å². The number of nitrogens with zero attached hydrogens (tertiary/aromatic N) is 1. The molecule has 0 heterocycles. The second-order valence-electron chi connectivity index (χ2n) is 6.03. The lowest BCUT2D eigenvalue weighted by Crippen LogP contribution is -2.09. The summed E-state index contributed by atoms with van der Waals surface area (Å²) in [6.45, 7) is 2.78. The van der Waals surface area contributed by atoms with E-state index in [4.69, 9.17) is 4.18 Å². The molecule has 0 N–H and O–H groups in total. The van der Waals surface area contributed by atoms with Gasteiger partial charge in [-0.3, -0.25) is 0 Å². The molecule has 0 aliphatic rings. The molecule has 0 atom stereocenters. The Morgan fingerprint density at radius 1 is 0.840 bits per heavy atom. The van der Waals surface area contributed by atoms with Crippen LogP contribution in [0.25, 0.3) is 0 Å². The standard InChI is InChI=1S/C22H23NOS/c1-18-11-13-22(14-12-18)25-24-16-15-19-7-6-10-21(17-19)23(2)20-8-4-3-5-9-20/h3-14,17H,15-16H2,1-2H3. The van der Waals surface area contributed by atoms with Crippen LogP contribution in [-0.4, -0.2) is 13.7 Å². The van der Waals surface area contributed by atoms with Crippen molar-refractivity contribution in [2.24, 2.45) is 0 Å². The van der Waals surface area contributed by atoms with Crippen molar-refractivity contribution in [2.45, 2.75) is 18.2 Å². The number of hydrogen-bond donors (Lipinski definition) is 0. The maximum Gasteiger partial charge on any atom is 0.0658 e. The Morgan fingerprint density at radius 3 is 2.32 bits per heavy atom. The van der Waals surface area contributed by atoms with Gasteiger partial charge in [-0.1, -0.05) is 48.0 Å². The molecule has 128 valence electrons. The second kappa shape index (κ2) is 8.75. The molecule has 0 aromatic heterocycles. The van der Waals surface area contributed by atoms with Gasteiger partial charge in [-0.15, -0.1) is 0 Å². The zero-order valence-corrected chi connectivity index (χ0v) is 15.5. The molecule has 0 aliphatic carbocycles. The average Bonchev–Trinajstić information content (AvgIpc) is 2.67. The molecule has 0 radical (unpaired) electrons. The van der Waals surface area contributed by atoms with Crippen molar-refractivity contribution in [3.8, 4) is 0 Å². The van der Waals surface area contributed by atoms with Crippen molar-refractivity contribution in [1.29, 1.82) is 0 Å². The molecule has 3 aromatic carbocycles. The summed E-state index contributed by atoms with van der Waals surface area (Å²) in [5.74, 6) is 0. The molecule has 0 amide bonds. The highest BCUT2D eigenvalue weighted by Crippen LogP contribution is 2.24. The van der Waals surface area contributed by atoms with Gasteiger partial charge in [0.25, 0.3) is 0 Å². The van der Waals surface area contributed by atoms with Crippen molar-refractivity contribution in [2.75, 3.05) is 18.6 Å².